The van der Waals surface area contributed by atoms with Crippen LogP contribution >= 0.6 is 34.2 Å². The van der Waals surface area contributed by atoms with Gasteiger partial charge in [0.25, 0.3) is 0 Å². The minimum atomic E-state index is -3.76. The zero-order valence-corrected chi connectivity index (χ0v) is 23.5. The van der Waals surface area contributed by atoms with Gasteiger partial charge in [-0.05, 0) is 78.3 Å². The molecule has 0 aromatic heterocycles. The zero-order chi connectivity index (χ0) is 25.5. The lowest BCUT2D eigenvalue weighted by Gasteiger charge is -2.33. The lowest BCUT2D eigenvalue weighted by atomic mass is 10.1. The van der Waals surface area contributed by atoms with Gasteiger partial charge in [-0.15, -0.1) is 0 Å². The Morgan fingerprint density at radius 1 is 1.06 bits per heavy atom. The summed E-state index contributed by atoms with van der Waals surface area (Å²) in [5.74, 6) is -0.771. The number of sulfonamides is 1. The van der Waals surface area contributed by atoms with Gasteiger partial charge in [0.05, 0.1) is 11.9 Å². The maximum absolute atomic E-state index is 13.6. The molecule has 2 atom stereocenters. The van der Waals surface area contributed by atoms with Crippen LogP contribution in [0.25, 0.3) is 0 Å². The van der Waals surface area contributed by atoms with Gasteiger partial charge < -0.3 is 10.2 Å². The van der Waals surface area contributed by atoms with E-state index in [4.69, 9.17) is 11.6 Å². The van der Waals surface area contributed by atoms with E-state index >= 15 is 0 Å². The number of carbonyl (C=O) groups is 2. The second kappa shape index (κ2) is 12.7. The first-order valence-corrected chi connectivity index (χ1v) is 14.3. The number of rotatable bonds is 11. The third-order valence-electron chi connectivity index (χ3n) is 5.48. The monoisotopic (exact) mass is 619 g/mol. The number of nitrogens with zero attached hydrogens (tertiary/aromatic N) is 2. The lowest BCUT2D eigenvalue weighted by molar-refractivity contribution is -0.140. The summed E-state index contributed by atoms with van der Waals surface area (Å²) in [6.07, 6.45) is 2.17. The first-order chi connectivity index (χ1) is 16.0. The molecule has 1 N–H and O–H groups in total. The number of hydrogen-bond acceptors (Lipinski definition) is 4. The molecule has 0 bridgehead atoms. The molecule has 10 heteroatoms. The Bertz CT molecular complexity index is 1100. The van der Waals surface area contributed by atoms with Crippen LogP contribution in [0, 0.1) is 3.57 Å². The molecule has 0 radical (unpaired) electrons. The van der Waals surface area contributed by atoms with Crippen LogP contribution in [0.1, 0.15) is 39.2 Å². The molecule has 0 fully saturated rings. The van der Waals surface area contributed by atoms with Gasteiger partial charge in [-0.3, -0.25) is 13.9 Å². The number of nitrogens with one attached hydrogen (secondary N) is 1. The largest absolute Gasteiger partial charge is 0.352 e. The molecule has 7 nitrogen and oxygen atoms in total. The van der Waals surface area contributed by atoms with Crippen molar-refractivity contribution < 1.29 is 18.0 Å². The summed E-state index contributed by atoms with van der Waals surface area (Å²) in [5.41, 5.74) is 1.05. The van der Waals surface area contributed by atoms with Gasteiger partial charge in [-0.1, -0.05) is 43.6 Å². The standard InChI is InChI=1S/C24H31ClIN3O4S/c1-5-17(3)27-24(31)22(6-2)28(15-18-9-7-8-10-21(18)25)23(30)16-29(34(4,32)33)20-13-11-19(26)12-14-20/h7-14,17,22H,5-6,15-16H2,1-4H3,(H,27,31)/t17-,22+/m1/s1. The third kappa shape index (κ3) is 7.84. The number of carbonyl (C=O) groups excluding carboxylic acids is 2. The molecule has 2 aromatic carbocycles. The number of hydrogen-bond donors (Lipinski definition) is 1. The van der Waals surface area contributed by atoms with E-state index in [9.17, 15) is 18.0 Å². The van der Waals surface area contributed by atoms with Crippen molar-refractivity contribution in [3.63, 3.8) is 0 Å². The van der Waals surface area contributed by atoms with Crippen LogP contribution in [-0.2, 0) is 26.2 Å². The minimum Gasteiger partial charge on any atom is -0.352 e. The number of amides is 2. The van der Waals surface area contributed by atoms with E-state index in [1.54, 1.807) is 48.5 Å². The van der Waals surface area contributed by atoms with Crippen molar-refractivity contribution in [2.45, 2.75) is 52.2 Å². The van der Waals surface area contributed by atoms with Gasteiger partial charge in [0, 0.05) is 21.2 Å². The molecule has 2 amide bonds. The predicted octanol–water partition coefficient (Wildman–Crippen LogP) is 4.43. The quantitative estimate of drug-likeness (QED) is 0.377. The predicted molar refractivity (Wildman–Crippen MR) is 145 cm³/mol. The van der Waals surface area contributed by atoms with Gasteiger partial charge in [-0.25, -0.2) is 8.42 Å². The molecule has 186 valence electrons. The summed E-state index contributed by atoms with van der Waals surface area (Å²) >= 11 is 8.48. The summed E-state index contributed by atoms with van der Waals surface area (Å²) in [4.78, 5) is 28.1. The van der Waals surface area contributed by atoms with E-state index in [0.29, 0.717) is 22.7 Å². The van der Waals surface area contributed by atoms with Crippen molar-refractivity contribution in [2.75, 3.05) is 17.1 Å². The fraction of sp³-hybridized carbons (Fsp3) is 0.417. The van der Waals surface area contributed by atoms with Gasteiger partial charge in [-0.2, -0.15) is 0 Å². The molecular formula is C24H31ClIN3O4S. The van der Waals surface area contributed by atoms with E-state index in [1.165, 1.54) is 4.90 Å². The molecule has 0 unspecified atom stereocenters. The molecular weight excluding hydrogens is 589 g/mol. The van der Waals surface area contributed by atoms with E-state index in [1.807, 2.05) is 20.8 Å². The van der Waals surface area contributed by atoms with Crippen LogP contribution < -0.4 is 9.62 Å². The molecule has 34 heavy (non-hydrogen) atoms. The molecule has 0 saturated heterocycles. The first-order valence-electron chi connectivity index (χ1n) is 11.0. The third-order valence-corrected chi connectivity index (χ3v) is 7.71. The van der Waals surface area contributed by atoms with E-state index in [0.717, 1.165) is 20.6 Å². The van der Waals surface area contributed by atoms with Gasteiger partial charge in [0.1, 0.15) is 12.6 Å². The van der Waals surface area contributed by atoms with Crippen LogP contribution in [0.4, 0.5) is 5.69 Å². The summed E-state index contributed by atoms with van der Waals surface area (Å²) in [5, 5.41) is 3.41. The lowest BCUT2D eigenvalue weighted by Crippen LogP contribution is -2.53. The van der Waals surface area contributed by atoms with Crippen LogP contribution in [0.2, 0.25) is 5.02 Å². The maximum Gasteiger partial charge on any atom is 0.244 e. The average Bonchev–Trinajstić information content (AvgIpc) is 2.78. The van der Waals surface area contributed by atoms with Gasteiger partial charge >= 0.3 is 0 Å². The first kappa shape index (κ1) is 28.4. The summed E-state index contributed by atoms with van der Waals surface area (Å²) in [6, 6.07) is 13.1. The van der Waals surface area contributed by atoms with Crippen molar-refractivity contribution in [3.05, 3.63) is 62.7 Å². The number of anilines is 1. The molecule has 0 heterocycles. The maximum atomic E-state index is 13.6. The Kier molecular flexibility index (Phi) is 10.6. The fourth-order valence-electron chi connectivity index (χ4n) is 3.39. The second-order valence-corrected chi connectivity index (χ2v) is 11.7. The van der Waals surface area contributed by atoms with Crippen LogP contribution in [-0.4, -0.2) is 50.0 Å². The molecule has 0 aliphatic carbocycles. The minimum absolute atomic E-state index is 0.0573. The Morgan fingerprint density at radius 3 is 2.21 bits per heavy atom. The van der Waals surface area contributed by atoms with Crippen molar-refractivity contribution in [1.29, 1.82) is 0 Å². The molecule has 2 rings (SSSR count). The molecule has 0 aliphatic heterocycles. The zero-order valence-electron chi connectivity index (χ0n) is 19.8. The highest BCUT2D eigenvalue weighted by molar-refractivity contribution is 14.1. The van der Waals surface area contributed by atoms with E-state index in [-0.39, 0.29) is 18.5 Å². The Balaban J connectivity index is 2.44. The van der Waals surface area contributed by atoms with Crippen LogP contribution in [0.15, 0.2) is 48.5 Å². The van der Waals surface area contributed by atoms with Crippen LogP contribution in [0.3, 0.4) is 0 Å². The highest BCUT2D eigenvalue weighted by Crippen LogP contribution is 2.23. The Labute approximate surface area is 221 Å². The normalized spacial score (nSPS) is 13.1. The van der Waals surface area contributed by atoms with E-state index in [2.05, 4.69) is 27.9 Å². The Hall–Kier alpha value is -1.85. The highest BCUT2D eigenvalue weighted by Gasteiger charge is 2.32. The summed E-state index contributed by atoms with van der Waals surface area (Å²) in [6.45, 7) is 5.32. The van der Waals surface area contributed by atoms with Crippen LogP contribution in [0.5, 0.6) is 0 Å². The molecule has 0 aliphatic rings. The average molecular weight is 620 g/mol. The summed E-state index contributed by atoms with van der Waals surface area (Å²) in [7, 11) is -3.76. The molecule has 0 spiro atoms. The molecule has 0 saturated carbocycles. The second-order valence-electron chi connectivity index (χ2n) is 8.10. The molecule has 2 aromatic rings. The van der Waals surface area contributed by atoms with Crippen molar-refractivity contribution in [3.8, 4) is 0 Å². The topological polar surface area (TPSA) is 86.8 Å². The van der Waals surface area contributed by atoms with Crippen molar-refractivity contribution >= 4 is 61.7 Å². The highest BCUT2D eigenvalue weighted by atomic mass is 127. The van der Waals surface area contributed by atoms with E-state index < -0.39 is 28.5 Å². The number of halogens is 2. The van der Waals surface area contributed by atoms with Gasteiger partial charge in [0.2, 0.25) is 21.8 Å². The number of benzene rings is 2. The fourth-order valence-corrected chi connectivity index (χ4v) is 4.80. The smallest absolute Gasteiger partial charge is 0.244 e. The SMILES string of the molecule is CC[C@@H](C)NC(=O)[C@H](CC)N(Cc1ccccc1Cl)C(=O)CN(c1ccc(I)cc1)S(C)(=O)=O. The van der Waals surface area contributed by atoms with Gasteiger partial charge in [0.15, 0.2) is 0 Å². The van der Waals surface area contributed by atoms with Crippen molar-refractivity contribution in [2.24, 2.45) is 0 Å². The van der Waals surface area contributed by atoms with Crippen molar-refractivity contribution in [1.82, 2.24) is 10.2 Å². The summed E-state index contributed by atoms with van der Waals surface area (Å²) < 4.78 is 27.2. The Morgan fingerprint density at radius 2 is 1.68 bits per heavy atom.